The maximum atomic E-state index is 11.9. The van der Waals surface area contributed by atoms with Crippen molar-refractivity contribution in [2.75, 3.05) is 39.8 Å². The summed E-state index contributed by atoms with van der Waals surface area (Å²) in [5.41, 5.74) is 0. The van der Waals surface area contributed by atoms with Gasteiger partial charge in [0, 0.05) is 13.1 Å². The molecule has 2 fully saturated rings. The summed E-state index contributed by atoms with van der Waals surface area (Å²) >= 11 is 0. The summed E-state index contributed by atoms with van der Waals surface area (Å²) in [6.45, 7) is 3.68. The molecule has 0 aliphatic carbocycles. The van der Waals surface area contributed by atoms with Gasteiger partial charge in [0.05, 0.1) is 6.54 Å². The van der Waals surface area contributed by atoms with E-state index >= 15 is 0 Å². The lowest BCUT2D eigenvalue weighted by Crippen LogP contribution is -2.58. The highest BCUT2D eigenvalue weighted by molar-refractivity contribution is 5.86. The lowest BCUT2D eigenvalue weighted by molar-refractivity contribution is -0.126. The molecule has 0 radical (unpaired) electrons. The Balaban J connectivity index is 1.60. The van der Waals surface area contributed by atoms with Crippen molar-refractivity contribution in [1.82, 2.24) is 20.9 Å². The lowest BCUT2D eigenvalue weighted by Gasteiger charge is -2.29. The van der Waals surface area contributed by atoms with Gasteiger partial charge in [-0.15, -0.1) is 0 Å². The van der Waals surface area contributed by atoms with Gasteiger partial charge in [-0.05, 0) is 45.3 Å². The number of carbonyl (C=O) groups excluding carboxylic acids is 2. The van der Waals surface area contributed by atoms with E-state index in [9.17, 15) is 9.59 Å². The molecule has 0 spiro atoms. The predicted molar refractivity (Wildman–Crippen MR) is 72.6 cm³/mol. The van der Waals surface area contributed by atoms with E-state index in [-0.39, 0.29) is 24.4 Å². The Kier molecular flexibility index (Phi) is 5.15. The van der Waals surface area contributed by atoms with Crippen molar-refractivity contribution < 1.29 is 9.59 Å². The van der Waals surface area contributed by atoms with Crippen molar-refractivity contribution in [3.05, 3.63) is 0 Å². The van der Waals surface area contributed by atoms with E-state index in [1.165, 1.54) is 12.8 Å². The molecule has 2 aliphatic rings. The zero-order chi connectivity index (χ0) is 13.7. The second-order valence-electron chi connectivity index (χ2n) is 5.56. The highest BCUT2D eigenvalue weighted by Gasteiger charge is 2.23. The van der Waals surface area contributed by atoms with Gasteiger partial charge in [0.2, 0.25) is 11.8 Å². The Bertz CT molecular complexity index is 317. The molecule has 3 N–H and O–H groups in total. The number of nitrogens with one attached hydrogen (secondary N) is 3. The Labute approximate surface area is 114 Å². The molecule has 0 bridgehead atoms. The van der Waals surface area contributed by atoms with E-state index in [0.29, 0.717) is 6.54 Å². The molecular weight excluding hydrogens is 244 g/mol. The summed E-state index contributed by atoms with van der Waals surface area (Å²) in [5, 5.41) is 8.58. The van der Waals surface area contributed by atoms with Crippen LogP contribution in [0.25, 0.3) is 0 Å². The van der Waals surface area contributed by atoms with E-state index in [1.807, 2.05) is 0 Å². The SMILES string of the molecule is CN1CCC(CCNC(=O)C2CNC(=O)CN2)CC1. The van der Waals surface area contributed by atoms with Gasteiger partial charge in [0.15, 0.2) is 0 Å². The number of rotatable bonds is 4. The third kappa shape index (κ3) is 4.47. The van der Waals surface area contributed by atoms with Gasteiger partial charge in [-0.25, -0.2) is 0 Å². The van der Waals surface area contributed by atoms with Crippen LogP contribution < -0.4 is 16.0 Å². The summed E-state index contributed by atoms with van der Waals surface area (Å²) in [7, 11) is 2.15. The molecule has 6 nitrogen and oxygen atoms in total. The van der Waals surface area contributed by atoms with E-state index in [4.69, 9.17) is 0 Å². The van der Waals surface area contributed by atoms with Crippen LogP contribution in [0.2, 0.25) is 0 Å². The van der Waals surface area contributed by atoms with E-state index in [0.717, 1.165) is 32.0 Å². The van der Waals surface area contributed by atoms with Crippen LogP contribution in [0.5, 0.6) is 0 Å². The van der Waals surface area contributed by atoms with Crippen LogP contribution in [0.15, 0.2) is 0 Å². The van der Waals surface area contributed by atoms with Crippen LogP contribution in [-0.2, 0) is 9.59 Å². The molecule has 108 valence electrons. The number of amides is 2. The monoisotopic (exact) mass is 268 g/mol. The Morgan fingerprint density at radius 2 is 2.16 bits per heavy atom. The quantitative estimate of drug-likeness (QED) is 0.606. The van der Waals surface area contributed by atoms with Gasteiger partial charge in [0.1, 0.15) is 6.04 Å². The number of piperidine rings is 1. The minimum atomic E-state index is -0.282. The van der Waals surface area contributed by atoms with Crippen molar-refractivity contribution in [1.29, 1.82) is 0 Å². The van der Waals surface area contributed by atoms with Crippen molar-refractivity contribution in [2.45, 2.75) is 25.3 Å². The van der Waals surface area contributed by atoms with E-state index in [1.54, 1.807) is 0 Å². The van der Waals surface area contributed by atoms with Gasteiger partial charge in [0.25, 0.3) is 0 Å². The second-order valence-corrected chi connectivity index (χ2v) is 5.56. The summed E-state index contributed by atoms with van der Waals surface area (Å²) in [6, 6.07) is -0.282. The third-order valence-electron chi connectivity index (χ3n) is 4.02. The molecule has 0 saturated carbocycles. The maximum absolute atomic E-state index is 11.9. The molecule has 19 heavy (non-hydrogen) atoms. The fraction of sp³-hybridized carbons (Fsp3) is 0.846. The lowest BCUT2D eigenvalue weighted by atomic mass is 9.94. The smallest absolute Gasteiger partial charge is 0.238 e. The average Bonchev–Trinajstić information content (AvgIpc) is 2.41. The van der Waals surface area contributed by atoms with E-state index in [2.05, 4.69) is 27.9 Å². The fourth-order valence-corrected chi connectivity index (χ4v) is 2.63. The second kappa shape index (κ2) is 6.86. The summed E-state index contributed by atoms with van der Waals surface area (Å²) in [4.78, 5) is 25.2. The average molecular weight is 268 g/mol. The van der Waals surface area contributed by atoms with Gasteiger partial charge < -0.3 is 15.5 Å². The highest BCUT2D eigenvalue weighted by Crippen LogP contribution is 2.18. The largest absolute Gasteiger partial charge is 0.355 e. The molecule has 0 aromatic heterocycles. The highest BCUT2D eigenvalue weighted by atomic mass is 16.2. The fourth-order valence-electron chi connectivity index (χ4n) is 2.63. The van der Waals surface area contributed by atoms with Crippen LogP contribution in [0, 0.1) is 5.92 Å². The molecule has 0 aromatic carbocycles. The molecule has 2 aliphatic heterocycles. The van der Waals surface area contributed by atoms with Gasteiger partial charge >= 0.3 is 0 Å². The van der Waals surface area contributed by atoms with Gasteiger partial charge in [-0.2, -0.15) is 0 Å². The predicted octanol–water partition coefficient (Wildman–Crippen LogP) is -1.08. The molecule has 2 saturated heterocycles. The molecule has 2 rings (SSSR count). The molecule has 1 unspecified atom stereocenters. The molecule has 2 heterocycles. The zero-order valence-electron chi connectivity index (χ0n) is 11.6. The first-order valence-corrected chi connectivity index (χ1v) is 7.11. The number of nitrogens with zero attached hydrogens (tertiary/aromatic N) is 1. The number of piperazine rings is 1. The van der Waals surface area contributed by atoms with Gasteiger partial charge in [-0.1, -0.05) is 0 Å². The molecule has 1 atom stereocenters. The number of carbonyl (C=O) groups is 2. The van der Waals surface area contributed by atoms with Crippen molar-refractivity contribution in [3.8, 4) is 0 Å². The van der Waals surface area contributed by atoms with Crippen LogP contribution in [0.3, 0.4) is 0 Å². The molecular formula is C13H24N4O2. The Morgan fingerprint density at radius 3 is 2.79 bits per heavy atom. The molecule has 2 amide bonds. The van der Waals surface area contributed by atoms with Crippen molar-refractivity contribution in [2.24, 2.45) is 5.92 Å². The Morgan fingerprint density at radius 1 is 1.42 bits per heavy atom. The van der Waals surface area contributed by atoms with Crippen LogP contribution >= 0.6 is 0 Å². The van der Waals surface area contributed by atoms with Crippen molar-refractivity contribution in [3.63, 3.8) is 0 Å². The molecule has 0 aromatic rings. The summed E-state index contributed by atoms with van der Waals surface area (Å²) < 4.78 is 0. The topological polar surface area (TPSA) is 73.5 Å². The number of hydrogen-bond acceptors (Lipinski definition) is 4. The minimum absolute atomic E-state index is 0.00655. The standard InChI is InChI=1S/C13H24N4O2/c1-17-6-3-10(4-7-17)2-5-14-13(19)11-8-16-12(18)9-15-11/h10-11,15H,2-9H2,1H3,(H,14,19)(H,16,18). The number of hydrogen-bond donors (Lipinski definition) is 3. The first-order chi connectivity index (χ1) is 9.15. The van der Waals surface area contributed by atoms with Gasteiger partial charge in [-0.3, -0.25) is 14.9 Å². The zero-order valence-corrected chi connectivity index (χ0v) is 11.6. The van der Waals surface area contributed by atoms with Crippen LogP contribution in [0.4, 0.5) is 0 Å². The first kappa shape index (κ1) is 14.3. The minimum Gasteiger partial charge on any atom is -0.355 e. The summed E-state index contributed by atoms with van der Waals surface area (Å²) in [5.74, 6) is 0.679. The third-order valence-corrected chi connectivity index (χ3v) is 4.02. The normalized spacial score (nSPS) is 25.9. The number of likely N-dealkylation sites (tertiary alicyclic amines) is 1. The van der Waals surface area contributed by atoms with E-state index < -0.39 is 0 Å². The molecule has 6 heteroatoms. The first-order valence-electron chi connectivity index (χ1n) is 7.11. The maximum Gasteiger partial charge on any atom is 0.238 e. The summed E-state index contributed by atoms with van der Waals surface area (Å²) in [6.07, 6.45) is 3.51. The van der Waals surface area contributed by atoms with Crippen molar-refractivity contribution >= 4 is 11.8 Å². The van der Waals surface area contributed by atoms with Crippen LogP contribution in [-0.4, -0.2) is 62.5 Å². The van der Waals surface area contributed by atoms with Crippen LogP contribution in [0.1, 0.15) is 19.3 Å². The Hall–Kier alpha value is -1.14.